The molecule has 1 radical (unpaired) electrons. The lowest BCUT2D eigenvalue weighted by Gasteiger charge is -2.12. The molecule has 5 nitrogen and oxygen atoms in total. The van der Waals surface area contributed by atoms with E-state index in [2.05, 4.69) is 9.97 Å². The van der Waals surface area contributed by atoms with Crippen molar-refractivity contribution in [2.45, 2.75) is 13.0 Å². The zero-order valence-electron chi connectivity index (χ0n) is 11.1. The number of aromatic nitrogens is 2. The van der Waals surface area contributed by atoms with Crippen LogP contribution < -0.4 is 9.47 Å². The van der Waals surface area contributed by atoms with Crippen molar-refractivity contribution in [3.05, 3.63) is 47.3 Å². The van der Waals surface area contributed by atoms with Crippen molar-refractivity contribution < 1.29 is 14.6 Å². The highest BCUT2D eigenvalue weighted by Gasteiger charge is 2.19. The maximum absolute atomic E-state index is 12.5. The first-order chi connectivity index (χ1) is 9.15. The fraction of sp³-hybridized carbons (Fsp3) is 0.286. The van der Waals surface area contributed by atoms with Gasteiger partial charge in [-0.1, -0.05) is 24.3 Å². The van der Waals surface area contributed by atoms with Crippen LogP contribution in [0, 0.1) is 6.92 Å². The van der Waals surface area contributed by atoms with Crippen molar-refractivity contribution in [2.75, 3.05) is 14.2 Å². The van der Waals surface area contributed by atoms with E-state index in [1.54, 1.807) is 6.07 Å². The quantitative estimate of drug-likeness (QED) is 0.845. The van der Waals surface area contributed by atoms with Crippen LogP contribution in [-0.4, -0.2) is 24.2 Å². The number of ether oxygens (including phenoxy) is 2. The number of rotatable bonds is 4. The fourth-order valence-electron chi connectivity index (χ4n) is 1.77. The van der Waals surface area contributed by atoms with Crippen LogP contribution in [0.4, 0.5) is 0 Å². The number of benzene rings is 1. The van der Waals surface area contributed by atoms with Crippen molar-refractivity contribution in [2.24, 2.45) is 0 Å². The molecule has 0 spiro atoms. The van der Waals surface area contributed by atoms with E-state index in [0.29, 0.717) is 17.3 Å². The predicted octanol–water partition coefficient (Wildman–Crippen LogP) is 2.32. The molecule has 1 heterocycles. The lowest BCUT2D eigenvalue weighted by atomic mass is 10.0. The number of aryl methyl sites for hydroxylation is 1. The molecule has 0 aliphatic rings. The van der Waals surface area contributed by atoms with Crippen LogP contribution in [-0.2, 0) is 5.11 Å². The molecule has 1 unspecified atom stereocenters. The van der Waals surface area contributed by atoms with Crippen LogP contribution in [0.2, 0.25) is 0 Å². The summed E-state index contributed by atoms with van der Waals surface area (Å²) in [7, 11) is 2.97. The van der Waals surface area contributed by atoms with Gasteiger partial charge in [0.25, 0.3) is 0 Å². The van der Waals surface area contributed by atoms with E-state index < -0.39 is 6.10 Å². The first-order valence-electron chi connectivity index (χ1n) is 5.84. The maximum Gasteiger partial charge on any atom is 0.220 e. The summed E-state index contributed by atoms with van der Waals surface area (Å²) in [5.74, 6) is 0.776. The van der Waals surface area contributed by atoms with Gasteiger partial charge in [0.2, 0.25) is 11.8 Å². The third kappa shape index (κ3) is 2.82. The highest BCUT2D eigenvalue weighted by molar-refractivity contribution is 5.32. The highest BCUT2D eigenvalue weighted by atomic mass is 16.5. The lowest BCUT2D eigenvalue weighted by molar-refractivity contribution is 0.114. The minimum Gasteiger partial charge on any atom is -0.481 e. The van der Waals surface area contributed by atoms with Crippen LogP contribution in [0.3, 0.4) is 0 Å². The Labute approximate surface area is 111 Å². The molecule has 0 amide bonds. The summed E-state index contributed by atoms with van der Waals surface area (Å²) < 4.78 is 10.1. The van der Waals surface area contributed by atoms with Crippen LogP contribution in [0.1, 0.15) is 23.1 Å². The van der Waals surface area contributed by atoms with Gasteiger partial charge in [0.05, 0.1) is 20.3 Å². The predicted molar refractivity (Wildman–Crippen MR) is 68.8 cm³/mol. The Morgan fingerprint density at radius 2 is 1.63 bits per heavy atom. The third-order valence-corrected chi connectivity index (χ3v) is 2.82. The highest BCUT2D eigenvalue weighted by Crippen LogP contribution is 2.26. The van der Waals surface area contributed by atoms with E-state index in [1.807, 2.05) is 25.1 Å². The molecule has 99 valence electrons. The molecule has 1 atom stereocenters. The molecule has 0 aliphatic heterocycles. The van der Waals surface area contributed by atoms with E-state index in [4.69, 9.17) is 9.47 Å². The van der Waals surface area contributed by atoms with Gasteiger partial charge < -0.3 is 9.47 Å². The topological polar surface area (TPSA) is 64.1 Å². The zero-order valence-corrected chi connectivity index (χ0v) is 11.1. The van der Waals surface area contributed by atoms with Gasteiger partial charge in [0.15, 0.2) is 11.9 Å². The molecule has 2 rings (SSSR count). The standard InChI is InChI=1S/C14H15N2O3/c1-9-6-4-5-7-10(9)13(17)14-15-11(18-2)8-12(16-14)19-3/h4-8,13H,1-3H3. The summed E-state index contributed by atoms with van der Waals surface area (Å²) in [6.07, 6.45) is -1.16. The Morgan fingerprint density at radius 3 is 2.16 bits per heavy atom. The summed E-state index contributed by atoms with van der Waals surface area (Å²) in [6, 6.07) is 8.91. The third-order valence-electron chi connectivity index (χ3n) is 2.82. The summed E-state index contributed by atoms with van der Waals surface area (Å²) in [6.45, 7) is 1.89. The average Bonchev–Trinajstić information content (AvgIpc) is 2.46. The number of hydrogen-bond donors (Lipinski definition) is 0. The summed E-state index contributed by atoms with van der Waals surface area (Å²) in [5, 5.41) is 12.5. The zero-order chi connectivity index (χ0) is 13.8. The Bertz CT molecular complexity index is 550. The van der Waals surface area contributed by atoms with Crippen LogP contribution in [0.25, 0.3) is 0 Å². The van der Waals surface area contributed by atoms with Gasteiger partial charge in [0.1, 0.15) is 0 Å². The van der Waals surface area contributed by atoms with Gasteiger partial charge in [-0.3, -0.25) is 0 Å². The summed E-state index contributed by atoms with van der Waals surface area (Å²) in [5.41, 5.74) is 1.56. The van der Waals surface area contributed by atoms with Crippen LogP contribution in [0.5, 0.6) is 11.8 Å². The molecule has 0 bridgehead atoms. The lowest BCUT2D eigenvalue weighted by Crippen LogP contribution is -2.07. The SMILES string of the molecule is COc1cc(OC)nc(C([O])c2ccccc2C)n1. The largest absolute Gasteiger partial charge is 0.481 e. The minimum atomic E-state index is -1.16. The van der Waals surface area contributed by atoms with E-state index in [0.717, 1.165) is 5.56 Å². The van der Waals surface area contributed by atoms with Crippen LogP contribution >= 0.6 is 0 Å². The second-order valence-corrected chi connectivity index (χ2v) is 4.05. The molecular formula is C14H15N2O3. The molecular weight excluding hydrogens is 244 g/mol. The number of hydrogen-bond acceptors (Lipinski definition) is 4. The van der Waals surface area contributed by atoms with E-state index >= 15 is 0 Å². The molecule has 5 heteroatoms. The van der Waals surface area contributed by atoms with E-state index in [-0.39, 0.29) is 5.82 Å². The van der Waals surface area contributed by atoms with Crippen molar-refractivity contribution in [3.8, 4) is 11.8 Å². The van der Waals surface area contributed by atoms with Crippen LogP contribution in [0.15, 0.2) is 30.3 Å². The van der Waals surface area contributed by atoms with Gasteiger partial charge in [0, 0.05) is 0 Å². The Balaban J connectivity index is 2.43. The monoisotopic (exact) mass is 259 g/mol. The van der Waals surface area contributed by atoms with Crippen molar-refractivity contribution in [3.63, 3.8) is 0 Å². The van der Waals surface area contributed by atoms with Gasteiger partial charge in [-0.15, -0.1) is 0 Å². The molecule has 19 heavy (non-hydrogen) atoms. The number of nitrogens with zero attached hydrogens (tertiary/aromatic N) is 2. The first-order valence-corrected chi connectivity index (χ1v) is 5.84. The van der Waals surface area contributed by atoms with Gasteiger partial charge in [-0.2, -0.15) is 9.97 Å². The second-order valence-electron chi connectivity index (χ2n) is 4.05. The second kappa shape index (κ2) is 5.67. The van der Waals surface area contributed by atoms with E-state index in [1.165, 1.54) is 20.3 Å². The molecule has 0 aliphatic carbocycles. The molecule has 0 saturated heterocycles. The van der Waals surface area contributed by atoms with Gasteiger partial charge in [-0.25, -0.2) is 5.11 Å². The molecule has 0 N–H and O–H groups in total. The fourth-order valence-corrected chi connectivity index (χ4v) is 1.77. The first kappa shape index (κ1) is 13.3. The molecule has 1 aromatic heterocycles. The molecule has 0 fully saturated rings. The Kier molecular flexibility index (Phi) is 3.97. The normalized spacial score (nSPS) is 12.0. The average molecular weight is 259 g/mol. The molecule has 2 aromatic rings. The van der Waals surface area contributed by atoms with Crippen molar-refractivity contribution in [1.82, 2.24) is 9.97 Å². The van der Waals surface area contributed by atoms with Gasteiger partial charge >= 0.3 is 0 Å². The van der Waals surface area contributed by atoms with Crippen molar-refractivity contribution >= 4 is 0 Å². The smallest absolute Gasteiger partial charge is 0.220 e. The number of methoxy groups -OCH3 is 2. The summed E-state index contributed by atoms with van der Waals surface area (Å²) in [4.78, 5) is 8.18. The Morgan fingerprint density at radius 1 is 1.05 bits per heavy atom. The molecule has 0 saturated carbocycles. The minimum absolute atomic E-state index is 0.144. The van der Waals surface area contributed by atoms with Crippen molar-refractivity contribution in [1.29, 1.82) is 0 Å². The maximum atomic E-state index is 12.5. The van der Waals surface area contributed by atoms with Gasteiger partial charge in [-0.05, 0) is 18.1 Å². The van der Waals surface area contributed by atoms with E-state index in [9.17, 15) is 5.11 Å². The summed E-state index contributed by atoms with van der Waals surface area (Å²) >= 11 is 0. The molecule has 1 aromatic carbocycles. The Hall–Kier alpha value is -2.14.